The molecule has 6 heteroatoms. The third-order valence-corrected chi connectivity index (χ3v) is 2.24. The van der Waals surface area contributed by atoms with E-state index >= 15 is 0 Å². The average Bonchev–Trinajstić information content (AvgIpc) is 2.47. The van der Waals surface area contributed by atoms with E-state index in [2.05, 4.69) is 9.97 Å². The molecule has 72 valence electrons. The van der Waals surface area contributed by atoms with E-state index in [4.69, 9.17) is 28.9 Å². The number of nitrogens with one attached hydrogen (secondary N) is 1. The molecule has 1 amide bonds. The number of aromatic nitrogens is 2. The number of rotatable bonds is 1. The molecule has 0 saturated carbocycles. The highest BCUT2D eigenvalue weighted by molar-refractivity contribution is 6.38. The first-order valence-corrected chi connectivity index (χ1v) is 4.48. The van der Waals surface area contributed by atoms with Gasteiger partial charge in [0.2, 0.25) is 0 Å². The van der Waals surface area contributed by atoms with Crippen LogP contribution in [0.2, 0.25) is 10.0 Å². The second-order valence-electron chi connectivity index (χ2n) is 2.73. The molecule has 0 aliphatic rings. The van der Waals surface area contributed by atoms with Gasteiger partial charge in [0.25, 0.3) is 5.91 Å². The Kier molecular flexibility index (Phi) is 2.09. The summed E-state index contributed by atoms with van der Waals surface area (Å²) in [6, 6.07) is 3.18. The van der Waals surface area contributed by atoms with Crippen LogP contribution >= 0.6 is 23.2 Å². The molecule has 1 aromatic carbocycles. The van der Waals surface area contributed by atoms with Gasteiger partial charge in [-0.1, -0.05) is 23.2 Å². The standard InChI is InChI=1S/C8H5Cl2N3O/c9-3-1-4(10)6-5(2-3)12-8(13-6)7(11)14/h1-2H,(H2,11,14)(H,12,13). The van der Waals surface area contributed by atoms with Gasteiger partial charge in [-0.25, -0.2) is 4.98 Å². The van der Waals surface area contributed by atoms with E-state index in [-0.39, 0.29) is 5.82 Å². The molecule has 0 spiro atoms. The summed E-state index contributed by atoms with van der Waals surface area (Å²) in [5.74, 6) is -0.558. The van der Waals surface area contributed by atoms with Crippen molar-refractivity contribution in [3.63, 3.8) is 0 Å². The lowest BCUT2D eigenvalue weighted by Gasteiger charge is -1.92. The maximum atomic E-state index is 10.8. The monoisotopic (exact) mass is 229 g/mol. The minimum Gasteiger partial charge on any atom is -0.363 e. The Morgan fingerprint density at radius 1 is 1.43 bits per heavy atom. The van der Waals surface area contributed by atoms with Crippen molar-refractivity contribution in [1.29, 1.82) is 0 Å². The third-order valence-electron chi connectivity index (χ3n) is 1.74. The lowest BCUT2D eigenvalue weighted by molar-refractivity contribution is 0.0991. The Labute approximate surface area is 89.0 Å². The molecule has 1 aromatic heterocycles. The summed E-state index contributed by atoms with van der Waals surface area (Å²) >= 11 is 11.6. The molecule has 2 aromatic rings. The number of fused-ring (bicyclic) bond motifs is 1. The molecule has 0 fully saturated rings. The van der Waals surface area contributed by atoms with Crippen molar-refractivity contribution in [2.75, 3.05) is 0 Å². The molecule has 0 saturated heterocycles. The first kappa shape index (κ1) is 9.30. The fourth-order valence-corrected chi connectivity index (χ4v) is 1.69. The number of hydrogen-bond donors (Lipinski definition) is 2. The number of carbonyl (C=O) groups is 1. The van der Waals surface area contributed by atoms with Crippen molar-refractivity contribution < 1.29 is 4.79 Å². The van der Waals surface area contributed by atoms with Crippen LogP contribution in [-0.4, -0.2) is 15.9 Å². The van der Waals surface area contributed by atoms with Crippen molar-refractivity contribution in [2.24, 2.45) is 5.73 Å². The molecule has 3 N–H and O–H groups in total. The van der Waals surface area contributed by atoms with Crippen LogP contribution in [-0.2, 0) is 0 Å². The number of primary amides is 1. The first-order chi connectivity index (χ1) is 6.58. The molecule has 1 heterocycles. The van der Waals surface area contributed by atoms with Crippen LogP contribution in [0.1, 0.15) is 10.6 Å². The van der Waals surface area contributed by atoms with Crippen molar-refractivity contribution in [3.8, 4) is 0 Å². The van der Waals surface area contributed by atoms with Gasteiger partial charge in [-0.2, -0.15) is 0 Å². The van der Waals surface area contributed by atoms with Gasteiger partial charge in [0, 0.05) is 5.02 Å². The molecule has 0 bridgehead atoms. The second-order valence-corrected chi connectivity index (χ2v) is 3.58. The smallest absolute Gasteiger partial charge is 0.284 e. The summed E-state index contributed by atoms with van der Waals surface area (Å²) in [5, 5.41) is 0.860. The summed E-state index contributed by atoms with van der Waals surface area (Å²) in [6.07, 6.45) is 0. The van der Waals surface area contributed by atoms with E-state index in [0.29, 0.717) is 21.1 Å². The Morgan fingerprint density at radius 3 is 2.79 bits per heavy atom. The van der Waals surface area contributed by atoms with Crippen LogP contribution in [0, 0.1) is 0 Å². The molecule has 14 heavy (non-hydrogen) atoms. The lowest BCUT2D eigenvalue weighted by atomic mass is 10.3. The number of carbonyl (C=O) groups excluding carboxylic acids is 1. The van der Waals surface area contributed by atoms with Crippen LogP contribution in [0.25, 0.3) is 11.0 Å². The Balaban J connectivity index is 2.76. The SMILES string of the molecule is NC(=O)c1nc2c(Cl)cc(Cl)cc2[nH]1. The van der Waals surface area contributed by atoms with Crippen molar-refractivity contribution in [2.45, 2.75) is 0 Å². The summed E-state index contributed by atoms with van der Waals surface area (Å²) < 4.78 is 0. The quantitative estimate of drug-likeness (QED) is 0.785. The van der Waals surface area contributed by atoms with Gasteiger partial charge >= 0.3 is 0 Å². The molecule has 0 aliphatic carbocycles. The van der Waals surface area contributed by atoms with E-state index in [1.165, 1.54) is 0 Å². The Hall–Kier alpha value is -1.26. The maximum Gasteiger partial charge on any atom is 0.284 e. The first-order valence-electron chi connectivity index (χ1n) is 3.72. The maximum absolute atomic E-state index is 10.8. The molecular weight excluding hydrogens is 225 g/mol. The van der Waals surface area contributed by atoms with Crippen LogP contribution in [0.3, 0.4) is 0 Å². The highest BCUT2D eigenvalue weighted by Gasteiger charge is 2.10. The van der Waals surface area contributed by atoms with Gasteiger partial charge < -0.3 is 10.7 Å². The van der Waals surface area contributed by atoms with Gasteiger partial charge in [-0.3, -0.25) is 4.79 Å². The summed E-state index contributed by atoms with van der Waals surface area (Å²) in [7, 11) is 0. The number of aromatic amines is 1. The van der Waals surface area contributed by atoms with Crippen LogP contribution in [0.4, 0.5) is 0 Å². The summed E-state index contributed by atoms with van der Waals surface area (Å²) in [6.45, 7) is 0. The Bertz CT molecular complexity index is 521. The van der Waals surface area contributed by atoms with Crippen LogP contribution in [0.15, 0.2) is 12.1 Å². The predicted molar refractivity (Wildman–Crippen MR) is 54.6 cm³/mol. The van der Waals surface area contributed by atoms with Crippen LogP contribution < -0.4 is 5.73 Å². The highest BCUT2D eigenvalue weighted by atomic mass is 35.5. The summed E-state index contributed by atoms with van der Waals surface area (Å²) in [5.41, 5.74) is 6.14. The van der Waals surface area contributed by atoms with Gasteiger partial charge in [0.15, 0.2) is 5.82 Å². The van der Waals surface area contributed by atoms with E-state index < -0.39 is 5.91 Å². The fourth-order valence-electron chi connectivity index (χ4n) is 1.16. The number of nitrogens with zero attached hydrogens (tertiary/aromatic N) is 1. The average molecular weight is 230 g/mol. The zero-order valence-corrected chi connectivity index (χ0v) is 8.36. The molecule has 4 nitrogen and oxygen atoms in total. The summed E-state index contributed by atoms with van der Waals surface area (Å²) in [4.78, 5) is 17.5. The van der Waals surface area contributed by atoms with Gasteiger partial charge in [0.1, 0.15) is 5.52 Å². The van der Waals surface area contributed by atoms with Gasteiger partial charge in [-0.05, 0) is 12.1 Å². The molecule has 2 rings (SSSR count). The number of nitrogens with two attached hydrogens (primary N) is 1. The largest absolute Gasteiger partial charge is 0.363 e. The number of benzene rings is 1. The van der Waals surface area contributed by atoms with E-state index in [0.717, 1.165) is 0 Å². The fraction of sp³-hybridized carbons (Fsp3) is 0. The zero-order chi connectivity index (χ0) is 10.3. The molecule has 0 atom stereocenters. The molecule has 0 unspecified atom stereocenters. The number of hydrogen-bond acceptors (Lipinski definition) is 2. The molecule has 0 aliphatic heterocycles. The number of H-pyrrole nitrogens is 1. The van der Waals surface area contributed by atoms with Crippen LogP contribution in [0.5, 0.6) is 0 Å². The lowest BCUT2D eigenvalue weighted by Crippen LogP contribution is -2.12. The number of halogens is 2. The second kappa shape index (κ2) is 3.15. The topological polar surface area (TPSA) is 71.8 Å². The minimum absolute atomic E-state index is 0.0733. The van der Waals surface area contributed by atoms with Gasteiger partial charge in [-0.15, -0.1) is 0 Å². The number of imidazole rings is 1. The van der Waals surface area contributed by atoms with Crippen molar-refractivity contribution in [3.05, 3.63) is 28.0 Å². The van der Waals surface area contributed by atoms with Gasteiger partial charge in [0.05, 0.1) is 10.5 Å². The highest BCUT2D eigenvalue weighted by Crippen LogP contribution is 2.25. The van der Waals surface area contributed by atoms with E-state index in [9.17, 15) is 4.79 Å². The Morgan fingerprint density at radius 2 is 2.14 bits per heavy atom. The predicted octanol–water partition coefficient (Wildman–Crippen LogP) is 1.97. The minimum atomic E-state index is -0.631. The molecular formula is C8H5Cl2N3O. The normalized spacial score (nSPS) is 10.7. The van der Waals surface area contributed by atoms with Crippen molar-refractivity contribution >= 4 is 40.1 Å². The van der Waals surface area contributed by atoms with E-state index in [1.807, 2.05) is 0 Å². The zero-order valence-electron chi connectivity index (χ0n) is 6.84. The van der Waals surface area contributed by atoms with E-state index in [1.54, 1.807) is 12.1 Å². The molecule has 0 radical (unpaired) electrons. The number of amides is 1. The third kappa shape index (κ3) is 1.42. The van der Waals surface area contributed by atoms with Crippen molar-refractivity contribution in [1.82, 2.24) is 9.97 Å².